The summed E-state index contributed by atoms with van der Waals surface area (Å²) < 4.78 is 0.874. The van der Waals surface area contributed by atoms with E-state index in [9.17, 15) is 0 Å². The van der Waals surface area contributed by atoms with Crippen molar-refractivity contribution in [2.24, 2.45) is 11.7 Å². The minimum Gasteiger partial charge on any atom is -0.369 e. The molecular weight excluding hydrogens is 232 g/mol. The number of nitrogens with two attached hydrogens (primary N) is 1. The average molecular weight is 245 g/mol. The van der Waals surface area contributed by atoms with Crippen LogP contribution in [0.2, 0.25) is 0 Å². The van der Waals surface area contributed by atoms with E-state index in [0.717, 1.165) is 16.8 Å². The molecule has 13 heavy (non-hydrogen) atoms. The first-order valence-corrected chi connectivity index (χ1v) is 4.92. The van der Waals surface area contributed by atoms with Crippen molar-refractivity contribution in [3.63, 3.8) is 0 Å². The number of anilines is 1. The molecule has 0 aliphatic rings. The van der Waals surface area contributed by atoms with E-state index in [-0.39, 0.29) is 0 Å². The van der Waals surface area contributed by atoms with Gasteiger partial charge in [0.15, 0.2) is 0 Å². The fourth-order valence-electron chi connectivity index (χ4n) is 0.797. The standard InChI is InChI=1S/C8H13BrN4/c1-6(2-10)3-12-8-7(9)4-11-5-13-8/h4-6H,2-3,10H2,1H3,(H,11,12,13). The van der Waals surface area contributed by atoms with E-state index in [1.165, 1.54) is 6.33 Å². The molecule has 3 N–H and O–H groups in total. The van der Waals surface area contributed by atoms with Gasteiger partial charge in [0.1, 0.15) is 12.1 Å². The molecule has 0 saturated carbocycles. The minimum atomic E-state index is 0.446. The van der Waals surface area contributed by atoms with Crippen molar-refractivity contribution in [2.45, 2.75) is 6.92 Å². The molecule has 1 heterocycles. The van der Waals surface area contributed by atoms with Crippen LogP contribution in [0.1, 0.15) is 6.92 Å². The molecule has 0 saturated heterocycles. The van der Waals surface area contributed by atoms with E-state index in [4.69, 9.17) is 5.73 Å². The second-order valence-electron chi connectivity index (χ2n) is 2.94. The van der Waals surface area contributed by atoms with Crippen LogP contribution >= 0.6 is 15.9 Å². The highest BCUT2D eigenvalue weighted by Crippen LogP contribution is 2.16. The van der Waals surface area contributed by atoms with Crippen molar-refractivity contribution in [3.8, 4) is 0 Å². The Morgan fingerprint density at radius 2 is 2.46 bits per heavy atom. The molecule has 0 radical (unpaired) electrons. The van der Waals surface area contributed by atoms with E-state index in [1.54, 1.807) is 6.20 Å². The third-order valence-corrected chi connectivity index (χ3v) is 2.27. The lowest BCUT2D eigenvalue weighted by atomic mass is 10.2. The predicted octanol–water partition coefficient (Wildman–Crippen LogP) is 1.25. The highest BCUT2D eigenvalue weighted by molar-refractivity contribution is 9.10. The normalized spacial score (nSPS) is 12.5. The summed E-state index contributed by atoms with van der Waals surface area (Å²) in [4.78, 5) is 7.94. The minimum absolute atomic E-state index is 0.446. The molecule has 0 fully saturated rings. The number of hydrogen-bond donors (Lipinski definition) is 2. The Morgan fingerprint density at radius 1 is 1.69 bits per heavy atom. The Kier molecular flexibility index (Phi) is 4.11. The highest BCUT2D eigenvalue weighted by Gasteiger charge is 2.02. The van der Waals surface area contributed by atoms with E-state index >= 15 is 0 Å². The predicted molar refractivity (Wildman–Crippen MR) is 56.4 cm³/mol. The van der Waals surface area contributed by atoms with Crippen LogP contribution in [0.4, 0.5) is 5.82 Å². The monoisotopic (exact) mass is 244 g/mol. The first-order valence-electron chi connectivity index (χ1n) is 4.13. The van der Waals surface area contributed by atoms with Gasteiger partial charge in [-0.3, -0.25) is 0 Å². The van der Waals surface area contributed by atoms with Crippen LogP contribution in [0.5, 0.6) is 0 Å². The maximum Gasteiger partial charge on any atom is 0.143 e. The molecule has 1 aromatic rings. The van der Waals surface area contributed by atoms with Gasteiger partial charge in [-0.05, 0) is 28.4 Å². The van der Waals surface area contributed by atoms with Gasteiger partial charge in [0.05, 0.1) is 4.47 Å². The molecule has 0 aromatic carbocycles. The number of hydrogen-bond acceptors (Lipinski definition) is 4. The topological polar surface area (TPSA) is 63.8 Å². The lowest BCUT2D eigenvalue weighted by molar-refractivity contribution is 0.626. The summed E-state index contributed by atoms with van der Waals surface area (Å²) in [5, 5.41) is 3.19. The van der Waals surface area contributed by atoms with E-state index in [1.807, 2.05) is 0 Å². The second kappa shape index (κ2) is 5.14. The van der Waals surface area contributed by atoms with Crippen LogP contribution in [0.15, 0.2) is 17.0 Å². The molecule has 0 spiro atoms. The second-order valence-corrected chi connectivity index (χ2v) is 3.80. The van der Waals surface area contributed by atoms with Gasteiger partial charge in [0.2, 0.25) is 0 Å². The van der Waals surface area contributed by atoms with Gasteiger partial charge >= 0.3 is 0 Å². The SMILES string of the molecule is CC(CN)CNc1ncncc1Br. The van der Waals surface area contributed by atoms with Crippen molar-refractivity contribution in [1.82, 2.24) is 9.97 Å². The third kappa shape index (κ3) is 3.28. The van der Waals surface area contributed by atoms with Gasteiger partial charge in [-0.25, -0.2) is 9.97 Å². The zero-order valence-corrected chi connectivity index (χ0v) is 9.08. The molecule has 0 aliphatic heterocycles. The molecule has 1 rings (SSSR count). The smallest absolute Gasteiger partial charge is 0.143 e. The molecule has 5 heteroatoms. The van der Waals surface area contributed by atoms with Crippen molar-refractivity contribution >= 4 is 21.7 Å². The summed E-state index contributed by atoms with van der Waals surface area (Å²) in [7, 11) is 0. The zero-order valence-electron chi connectivity index (χ0n) is 7.50. The van der Waals surface area contributed by atoms with Crippen molar-refractivity contribution in [2.75, 3.05) is 18.4 Å². The Labute approximate surface area is 86.1 Å². The summed E-state index contributed by atoms with van der Waals surface area (Å²) in [6, 6.07) is 0. The molecule has 0 aliphatic carbocycles. The molecule has 0 amide bonds. The maximum absolute atomic E-state index is 5.49. The quantitative estimate of drug-likeness (QED) is 0.837. The summed E-state index contributed by atoms with van der Waals surface area (Å²) >= 11 is 3.35. The van der Waals surface area contributed by atoms with Crippen LogP contribution in [-0.2, 0) is 0 Å². The van der Waals surface area contributed by atoms with E-state index in [2.05, 4.69) is 38.1 Å². The third-order valence-electron chi connectivity index (χ3n) is 1.69. The zero-order chi connectivity index (χ0) is 9.68. The number of halogens is 1. The summed E-state index contributed by atoms with van der Waals surface area (Å²) in [5.74, 6) is 1.26. The number of rotatable bonds is 4. The van der Waals surface area contributed by atoms with E-state index in [0.29, 0.717) is 12.5 Å². The Morgan fingerprint density at radius 3 is 3.08 bits per heavy atom. The van der Waals surface area contributed by atoms with Crippen molar-refractivity contribution in [3.05, 3.63) is 17.0 Å². The lowest BCUT2D eigenvalue weighted by Crippen LogP contribution is -2.20. The summed E-state index contributed by atoms with van der Waals surface area (Å²) in [6.07, 6.45) is 3.22. The molecule has 1 aromatic heterocycles. The van der Waals surface area contributed by atoms with Gasteiger partial charge in [0, 0.05) is 12.7 Å². The van der Waals surface area contributed by atoms with Gasteiger partial charge in [-0.15, -0.1) is 0 Å². The average Bonchev–Trinajstić information content (AvgIpc) is 2.16. The summed E-state index contributed by atoms with van der Waals surface area (Å²) in [5.41, 5.74) is 5.49. The van der Waals surface area contributed by atoms with Gasteiger partial charge in [-0.2, -0.15) is 0 Å². The first kappa shape index (κ1) is 10.4. The van der Waals surface area contributed by atoms with Gasteiger partial charge < -0.3 is 11.1 Å². The van der Waals surface area contributed by atoms with Crippen LogP contribution in [-0.4, -0.2) is 23.1 Å². The van der Waals surface area contributed by atoms with Crippen LogP contribution in [0.3, 0.4) is 0 Å². The fraction of sp³-hybridized carbons (Fsp3) is 0.500. The summed E-state index contributed by atoms with van der Waals surface area (Å²) in [6.45, 7) is 3.59. The molecule has 1 atom stereocenters. The first-order chi connectivity index (χ1) is 6.24. The molecule has 4 nitrogen and oxygen atoms in total. The largest absolute Gasteiger partial charge is 0.369 e. The fourth-order valence-corrected chi connectivity index (χ4v) is 1.16. The van der Waals surface area contributed by atoms with Crippen molar-refractivity contribution in [1.29, 1.82) is 0 Å². The lowest BCUT2D eigenvalue weighted by Gasteiger charge is -2.10. The molecule has 0 bridgehead atoms. The number of aromatic nitrogens is 2. The van der Waals surface area contributed by atoms with Gasteiger partial charge in [0.25, 0.3) is 0 Å². The Balaban J connectivity index is 2.50. The Bertz CT molecular complexity index is 266. The maximum atomic E-state index is 5.49. The molecule has 1 unspecified atom stereocenters. The number of nitrogens with one attached hydrogen (secondary N) is 1. The highest BCUT2D eigenvalue weighted by atomic mass is 79.9. The van der Waals surface area contributed by atoms with Crippen LogP contribution in [0, 0.1) is 5.92 Å². The van der Waals surface area contributed by atoms with Crippen LogP contribution in [0.25, 0.3) is 0 Å². The van der Waals surface area contributed by atoms with Crippen LogP contribution < -0.4 is 11.1 Å². The Hall–Kier alpha value is -0.680. The van der Waals surface area contributed by atoms with Crippen molar-refractivity contribution < 1.29 is 0 Å². The van der Waals surface area contributed by atoms with E-state index < -0.39 is 0 Å². The molecule has 72 valence electrons. The number of nitrogens with zero attached hydrogens (tertiary/aromatic N) is 2. The van der Waals surface area contributed by atoms with Gasteiger partial charge in [-0.1, -0.05) is 6.92 Å². The molecular formula is C8H13BrN4.